The van der Waals surface area contributed by atoms with Crippen LogP contribution in [0.5, 0.6) is 0 Å². The highest BCUT2D eigenvalue weighted by atomic mass is 16.2. The predicted octanol–water partition coefficient (Wildman–Crippen LogP) is -0.192. The molecule has 2 aromatic carbocycles. The first kappa shape index (κ1) is 57.9. The van der Waals surface area contributed by atoms with E-state index in [1.807, 2.05) is 6.07 Å². The fourth-order valence-electron chi connectivity index (χ4n) is 7.50. The molecule has 0 saturated heterocycles. The van der Waals surface area contributed by atoms with E-state index in [1.54, 1.807) is 18.3 Å². The summed E-state index contributed by atoms with van der Waals surface area (Å²) in [7, 11) is 1.00. The van der Waals surface area contributed by atoms with Crippen molar-refractivity contribution in [2.45, 2.75) is 90.8 Å². The van der Waals surface area contributed by atoms with Crippen LogP contribution in [-0.4, -0.2) is 129 Å². The summed E-state index contributed by atoms with van der Waals surface area (Å²) in [5.41, 5.74) is 23.8. The minimum atomic E-state index is -1.04. The first-order valence-corrected chi connectivity index (χ1v) is 23.8. The molecular formula is C48H65N17O9. The average Bonchev–Trinajstić information content (AvgIpc) is 3.94. The van der Waals surface area contributed by atoms with Crippen LogP contribution in [0.15, 0.2) is 59.8 Å². The Bertz CT molecular complexity index is 2720. The van der Waals surface area contributed by atoms with Gasteiger partial charge < -0.3 is 58.6 Å². The molecule has 26 heteroatoms. The lowest BCUT2D eigenvalue weighted by Gasteiger charge is -2.19. The number of aldehydes is 1. The second kappa shape index (κ2) is 29.0. The number of hydrogen-bond donors (Lipinski definition) is 11. The molecular weight excluding hydrogens is 959 g/mol. The van der Waals surface area contributed by atoms with E-state index in [0.29, 0.717) is 73.9 Å². The SMILES string of the molecule is CC(NC(=O)CNC(=O)CCCCCN1C(=O)C=CC1=O)C(=O)Nc1ccc(C(=O)NCCCC(C=O)NC(=O)c2ccc3c(c2)CCN3Cc2cnc3nc(N)nc(N)c3n2)c(/C(N)=N/NN)c1.CCC.CO. The molecule has 0 fully saturated rings. The Balaban J connectivity index is 0.00000229. The lowest BCUT2D eigenvalue weighted by Crippen LogP contribution is -2.45. The van der Waals surface area contributed by atoms with E-state index in [2.05, 4.69) is 75.9 Å². The first-order valence-electron chi connectivity index (χ1n) is 23.8. The Morgan fingerprint density at radius 3 is 2.31 bits per heavy atom. The number of hydrazone groups is 1. The van der Waals surface area contributed by atoms with Gasteiger partial charge in [0, 0.05) is 67.8 Å². The third-order valence-corrected chi connectivity index (χ3v) is 11.0. The summed E-state index contributed by atoms with van der Waals surface area (Å²) in [4.78, 5) is 120. The van der Waals surface area contributed by atoms with Crippen LogP contribution in [0, 0.1) is 0 Å². The zero-order valence-corrected chi connectivity index (χ0v) is 41.8. The highest BCUT2D eigenvalue weighted by Crippen LogP contribution is 2.30. The summed E-state index contributed by atoms with van der Waals surface area (Å²) >= 11 is 0. The number of amides is 7. The zero-order valence-electron chi connectivity index (χ0n) is 41.8. The average molecular weight is 1020 g/mol. The molecule has 4 heterocycles. The van der Waals surface area contributed by atoms with Crippen LogP contribution in [0.2, 0.25) is 0 Å². The standard InChI is InChI=1S/C44H53N17O8.C3H8.CH4O/c1-24(52-34(64)21-50-33(63)7-3-2-4-16-61-35(65)12-13-36(61)66)41(67)54-27-9-10-30(31(19-27)38(45)58-59-48)43(69)49-15-5-6-28(23-62)55-42(68)26-8-11-32-25(18-26)14-17-60(32)22-29-20-51-40-37(53-29)39(46)56-44(47)57-40;1-3-2;1-2/h8-13,18-20,23-24,28,59H,2-7,14-17,21-22,48H2,1H3,(H2,45,58)(H,49,69)(H,50,63)(H,52,64)(H,54,67)(H,55,68)(H4,46,47,51,56,57);3H2,1-2H3;2H,1H3. The number of nitrogens with zero attached hydrogens (tertiary/aromatic N) is 7. The number of fused-ring (bicyclic) bond motifs is 2. The summed E-state index contributed by atoms with van der Waals surface area (Å²) < 4.78 is 0. The monoisotopic (exact) mass is 1020 g/mol. The molecule has 0 radical (unpaired) electrons. The second-order valence-corrected chi connectivity index (χ2v) is 16.8. The van der Waals surface area contributed by atoms with E-state index in [0.717, 1.165) is 23.3 Å². The molecule has 0 saturated carbocycles. The molecule has 2 unspecified atom stereocenters. The number of anilines is 4. The van der Waals surface area contributed by atoms with Gasteiger partial charge >= 0.3 is 0 Å². The summed E-state index contributed by atoms with van der Waals surface area (Å²) in [6.45, 7) is 6.80. The van der Waals surface area contributed by atoms with Crippen molar-refractivity contribution in [3.63, 3.8) is 0 Å². The van der Waals surface area contributed by atoms with Crippen LogP contribution in [0.3, 0.4) is 0 Å². The van der Waals surface area contributed by atoms with Gasteiger partial charge in [-0.05, 0) is 81.0 Å². The van der Waals surface area contributed by atoms with Gasteiger partial charge in [0.15, 0.2) is 22.8 Å². The maximum atomic E-state index is 13.3. The van der Waals surface area contributed by atoms with E-state index >= 15 is 0 Å². The number of hydrazine groups is 1. The maximum Gasteiger partial charge on any atom is 0.253 e. The summed E-state index contributed by atoms with van der Waals surface area (Å²) in [5, 5.41) is 23.9. The van der Waals surface area contributed by atoms with Crippen molar-refractivity contribution in [3.05, 3.63) is 82.7 Å². The van der Waals surface area contributed by atoms with Crippen molar-refractivity contribution in [2.75, 3.05) is 55.0 Å². The molecule has 7 amide bonds. The van der Waals surface area contributed by atoms with E-state index < -0.39 is 35.7 Å². The van der Waals surface area contributed by atoms with Gasteiger partial charge in [-0.3, -0.25) is 38.5 Å². The molecule has 6 rings (SSSR count). The van der Waals surface area contributed by atoms with Crippen molar-refractivity contribution < 1.29 is 43.5 Å². The van der Waals surface area contributed by atoms with Crippen LogP contribution >= 0.6 is 0 Å². The molecule has 15 N–H and O–H groups in total. The third-order valence-electron chi connectivity index (χ3n) is 11.0. The van der Waals surface area contributed by atoms with Gasteiger partial charge in [0.2, 0.25) is 23.7 Å². The Hall–Kier alpha value is -8.65. The second-order valence-electron chi connectivity index (χ2n) is 16.8. The molecule has 74 heavy (non-hydrogen) atoms. The summed E-state index contributed by atoms with van der Waals surface area (Å²) in [6.07, 6.45) is 8.86. The number of unbranched alkanes of at least 4 members (excludes halogenated alkanes) is 2. The molecule has 2 aliphatic heterocycles. The number of nitrogens with one attached hydrogen (secondary N) is 6. The van der Waals surface area contributed by atoms with Gasteiger partial charge in [-0.15, -0.1) is 5.10 Å². The normalized spacial score (nSPS) is 13.4. The predicted molar refractivity (Wildman–Crippen MR) is 276 cm³/mol. The van der Waals surface area contributed by atoms with Crippen molar-refractivity contribution in [1.29, 1.82) is 0 Å². The van der Waals surface area contributed by atoms with Crippen molar-refractivity contribution in [3.8, 4) is 0 Å². The van der Waals surface area contributed by atoms with Gasteiger partial charge in [0.25, 0.3) is 23.6 Å². The number of nitrogen functional groups attached to an aromatic ring is 2. The number of aliphatic hydroxyl groups is 1. The Labute approximate surface area is 426 Å². The summed E-state index contributed by atoms with van der Waals surface area (Å²) in [6, 6.07) is 7.69. The molecule has 396 valence electrons. The van der Waals surface area contributed by atoms with Gasteiger partial charge in [-0.1, -0.05) is 26.7 Å². The Kier molecular flexibility index (Phi) is 22.7. The number of aromatic nitrogens is 4. The maximum absolute atomic E-state index is 13.3. The molecule has 0 spiro atoms. The van der Waals surface area contributed by atoms with E-state index in [-0.39, 0.29) is 84.6 Å². The molecule has 0 aliphatic carbocycles. The van der Waals surface area contributed by atoms with Gasteiger partial charge in [0.1, 0.15) is 12.3 Å². The van der Waals surface area contributed by atoms with Crippen LogP contribution in [0.4, 0.5) is 23.1 Å². The van der Waals surface area contributed by atoms with Crippen LogP contribution in [0.1, 0.15) is 103 Å². The fourth-order valence-corrected chi connectivity index (χ4v) is 7.50. The van der Waals surface area contributed by atoms with E-state index in [9.17, 15) is 38.4 Å². The number of carbonyl (C=O) groups excluding carboxylic acids is 8. The molecule has 2 aliphatic rings. The molecule has 0 bridgehead atoms. The van der Waals surface area contributed by atoms with Crippen LogP contribution < -0.4 is 60.1 Å². The van der Waals surface area contributed by atoms with Gasteiger partial charge in [0.05, 0.1) is 36.6 Å². The molecule has 2 atom stereocenters. The van der Waals surface area contributed by atoms with Gasteiger partial charge in [-0.2, -0.15) is 9.97 Å². The number of benzene rings is 2. The molecule has 4 aromatic rings. The number of rotatable bonds is 23. The zero-order chi connectivity index (χ0) is 54.3. The van der Waals surface area contributed by atoms with E-state index in [1.165, 1.54) is 43.7 Å². The number of aliphatic hydroxyl groups excluding tert-OH is 1. The first-order chi connectivity index (χ1) is 35.5. The number of amidine groups is 1. The topological polar surface area (TPSA) is 403 Å². The minimum absolute atomic E-state index is 0.0106. The fraction of sp³-hybridized carbons (Fsp3) is 0.396. The third kappa shape index (κ3) is 16.7. The molecule has 26 nitrogen and oxygen atoms in total. The van der Waals surface area contributed by atoms with Crippen molar-refractivity contribution in [2.24, 2.45) is 16.7 Å². The van der Waals surface area contributed by atoms with Crippen molar-refractivity contribution >= 4 is 87.8 Å². The summed E-state index contributed by atoms with van der Waals surface area (Å²) in [5.74, 6) is 2.00. The number of imide groups is 1. The van der Waals surface area contributed by atoms with Gasteiger partial charge in [-0.25, -0.2) is 21.3 Å². The number of nitrogens with two attached hydrogens (primary N) is 4. The number of carbonyl (C=O) groups is 8. The van der Waals surface area contributed by atoms with Crippen LogP contribution in [0.25, 0.3) is 11.2 Å². The van der Waals surface area contributed by atoms with Crippen LogP contribution in [-0.2, 0) is 41.7 Å². The number of hydrogen-bond acceptors (Lipinski definition) is 19. The highest BCUT2D eigenvalue weighted by molar-refractivity contribution is 6.13. The minimum Gasteiger partial charge on any atom is -0.400 e. The van der Waals surface area contributed by atoms with E-state index in [4.69, 9.17) is 28.2 Å². The lowest BCUT2D eigenvalue weighted by atomic mass is 10.0. The highest BCUT2D eigenvalue weighted by Gasteiger charge is 2.25. The Morgan fingerprint density at radius 1 is 0.878 bits per heavy atom. The smallest absolute Gasteiger partial charge is 0.253 e. The Morgan fingerprint density at radius 2 is 1.61 bits per heavy atom. The largest absolute Gasteiger partial charge is 0.400 e. The quantitative estimate of drug-likeness (QED) is 0.00872. The van der Waals surface area contributed by atoms with Crippen molar-refractivity contribution in [1.82, 2.24) is 51.6 Å². The molecule has 2 aromatic heterocycles. The lowest BCUT2D eigenvalue weighted by molar-refractivity contribution is -0.137.